The third kappa shape index (κ3) is 9.62. The van der Waals surface area contributed by atoms with Crippen LogP contribution in [0.1, 0.15) is 67.3 Å². The van der Waals surface area contributed by atoms with Crippen molar-refractivity contribution in [2.75, 3.05) is 49.1 Å². The number of benzene rings is 3. The van der Waals surface area contributed by atoms with Gasteiger partial charge in [-0.2, -0.15) is 0 Å². The number of aromatic nitrogens is 1. The highest BCUT2D eigenvalue weighted by atomic mass is 35.5. The number of phosphoric ester groups is 1. The zero-order valence-electron chi connectivity index (χ0n) is 33.0. The molecule has 0 bridgehead atoms. The van der Waals surface area contributed by atoms with Crippen molar-refractivity contribution in [3.8, 4) is 17.2 Å². The number of nitrogens with zero attached hydrogens (tertiary/aromatic N) is 4. The number of aliphatic hydroxyl groups excluding tert-OH is 1. The van der Waals surface area contributed by atoms with Crippen LogP contribution < -0.4 is 23.8 Å². The van der Waals surface area contributed by atoms with Gasteiger partial charge in [-0.15, -0.1) is 11.6 Å². The number of fused-ring (bicyclic) bond motifs is 5. The molecule has 1 saturated heterocycles. The maximum absolute atomic E-state index is 13.9. The first-order chi connectivity index (χ1) is 28.9. The summed E-state index contributed by atoms with van der Waals surface area (Å²) in [5, 5.41) is 13.6. The lowest BCUT2D eigenvalue weighted by atomic mass is 9.95. The lowest BCUT2D eigenvalue weighted by Crippen LogP contribution is -2.51. The van der Waals surface area contributed by atoms with Crippen molar-refractivity contribution in [2.45, 2.75) is 73.9 Å². The van der Waals surface area contributed by atoms with Gasteiger partial charge in [0.25, 0.3) is 5.91 Å². The van der Waals surface area contributed by atoms with Gasteiger partial charge in [0.05, 0.1) is 36.7 Å². The molecule has 15 nitrogen and oxygen atoms in total. The number of alkyl halides is 1. The van der Waals surface area contributed by atoms with Crippen LogP contribution in [0.15, 0.2) is 71.9 Å². The van der Waals surface area contributed by atoms with Crippen LogP contribution in [0.5, 0.6) is 17.2 Å². The molecule has 19 heteroatoms. The second-order valence-corrected chi connectivity index (χ2v) is 18.8. The van der Waals surface area contributed by atoms with Gasteiger partial charge in [-0.3, -0.25) is 19.4 Å². The molecule has 4 heterocycles. The van der Waals surface area contributed by atoms with Crippen LogP contribution in [0.2, 0.25) is 0 Å². The van der Waals surface area contributed by atoms with E-state index in [1.165, 1.54) is 46.9 Å². The second-order valence-electron chi connectivity index (χ2n) is 14.7. The first-order valence-corrected chi connectivity index (χ1v) is 23.9. The number of rotatable bonds is 16. The Morgan fingerprint density at radius 3 is 2.52 bits per heavy atom. The fraction of sp³-hybridized carbons (Fsp3) is 0.415. The zero-order chi connectivity index (χ0) is 42.6. The minimum atomic E-state index is -4.88. The van der Waals surface area contributed by atoms with Crippen LogP contribution in [0.4, 0.5) is 16.2 Å². The molecule has 3 aliphatic heterocycles. The van der Waals surface area contributed by atoms with E-state index < -0.39 is 26.2 Å². The smallest absolute Gasteiger partial charge is 0.493 e. The molecular weight excluding hydrogens is 855 g/mol. The summed E-state index contributed by atoms with van der Waals surface area (Å²) in [5.74, 6) is 0.109. The van der Waals surface area contributed by atoms with E-state index in [0.717, 1.165) is 15.5 Å². The number of carbonyl (C=O) groups excluding carboxylic acids is 3. The Kier molecular flexibility index (Phi) is 14.1. The van der Waals surface area contributed by atoms with E-state index in [9.17, 15) is 33.8 Å². The normalized spacial score (nSPS) is 19.1. The van der Waals surface area contributed by atoms with E-state index in [1.807, 2.05) is 37.3 Å². The number of aliphatic hydroxyl groups is 1. The van der Waals surface area contributed by atoms with E-state index in [0.29, 0.717) is 61.7 Å². The van der Waals surface area contributed by atoms with Crippen LogP contribution in [0, 0.1) is 0 Å². The molecule has 3 N–H and O–H groups in total. The molecule has 1 fully saturated rings. The molecule has 1 aromatic heterocycles. The van der Waals surface area contributed by atoms with E-state index in [-0.39, 0.29) is 77.0 Å². The van der Waals surface area contributed by atoms with Crippen molar-refractivity contribution in [1.82, 2.24) is 9.88 Å². The number of carbonyl (C=O) groups is 3. The lowest BCUT2D eigenvalue weighted by Gasteiger charge is -2.32. The van der Waals surface area contributed by atoms with Crippen molar-refractivity contribution in [1.29, 1.82) is 0 Å². The summed E-state index contributed by atoms with van der Waals surface area (Å²) in [5.41, 5.74) is 1.68. The zero-order valence-corrected chi connectivity index (χ0v) is 36.3. The van der Waals surface area contributed by atoms with Crippen molar-refractivity contribution >= 4 is 81.1 Å². The fourth-order valence-corrected chi connectivity index (χ4v) is 10.4. The number of anilines is 2. The molecule has 0 radical (unpaired) electrons. The number of unbranched alkanes of at least 4 members (excludes halogenated alkanes) is 2. The minimum Gasteiger partial charge on any atom is -0.493 e. The number of halogens is 1. The lowest BCUT2D eigenvalue weighted by molar-refractivity contribution is -0.118. The molecule has 4 unspecified atom stereocenters. The van der Waals surface area contributed by atoms with Crippen LogP contribution >= 0.6 is 41.0 Å². The first kappa shape index (κ1) is 43.9. The SMILES string of the molecule is COc1cc2c(cc1OCCCCCC(=O)N1CC(CCl)c3c1cc(OP(=O)(O)O)c1ccccc31)N(C(=O)OCC(C)SSc1ccccn1)C(O)C1CCCN1C2=O. The van der Waals surface area contributed by atoms with Crippen molar-refractivity contribution in [3.05, 3.63) is 78.0 Å². The van der Waals surface area contributed by atoms with Gasteiger partial charge < -0.3 is 33.6 Å². The molecule has 4 atom stereocenters. The molecule has 0 aliphatic carbocycles. The summed E-state index contributed by atoms with van der Waals surface area (Å²) >= 11 is 6.37. The number of ether oxygens (including phenoxy) is 3. The number of hydrogen-bond acceptors (Lipinski definition) is 12. The van der Waals surface area contributed by atoms with Gasteiger partial charge in [0.1, 0.15) is 17.4 Å². The Morgan fingerprint density at radius 2 is 1.78 bits per heavy atom. The maximum Gasteiger partial charge on any atom is 0.524 e. The molecule has 3 amide bonds. The fourth-order valence-electron chi connectivity index (χ4n) is 7.89. The molecule has 0 spiro atoms. The number of amides is 3. The summed E-state index contributed by atoms with van der Waals surface area (Å²) in [6, 6.07) is 16.7. The second kappa shape index (κ2) is 19.2. The molecule has 60 heavy (non-hydrogen) atoms. The van der Waals surface area contributed by atoms with Crippen LogP contribution in [-0.2, 0) is 14.1 Å². The first-order valence-electron chi connectivity index (χ1n) is 19.6. The number of phosphoric acid groups is 1. The van der Waals surface area contributed by atoms with Crippen LogP contribution in [0.3, 0.4) is 0 Å². The van der Waals surface area contributed by atoms with Gasteiger partial charge >= 0.3 is 13.9 Å². The number of pyridine rings is 1. The van der Waals surface area contributed by atoms with E-state index in [2.05, 4.69) is 4.98 Å². The summed E-state index contributed by atoms with van der Waals surface area (Å²) in [6.07, 6.45) is 2.64. The highest BCUT2D eigenvalue weighted by Crippen LogP contribution is 2.49. The largest absolute Gasteiger partial charge is 0.524 e. The topological polar surface area (TPSA) is 188 Å². The molecule has 320 valence electrons. The van der Waals surface area contributed by atoms with Gasteiger partial charge in [-0.1, -0.05) is 41.1 Å². The van der Waals surface area contributed by atoms with Crippen LogP contribution in [0.25, 0.3) is 10.8 Å². The van der Waals surface area contributed by atoms with E-state index in [1.54, 1.807) is 28.1 Å². The Labute approximate surface area is 360 Å². The average molecular weight is 901 g/mol. The van der Waals surface area contributed by atoms with Gasteiger partial charge in [0.2, 0.25) is 5.91 Å². The highest BCUT2D eigenvalue weighted by Gasteiger charge is 2.45. The maximum atomic E-state index is 13.9. The van der Waals surface area contributed by atoms with E-state index >= 15 is 0 Å². The Balaban J connectivity index is 1.00. The predicted molar refractivity (Wildman–Crippen MR) is 230 cm³/mol. The van der Waals surface area contributed by atoms with Crippen molar-refractivity contribution in [3.63, 3.8) is 0 Å². The summed E-state index contributed by atoms with van der Waals surface area (Å²) in [7, 11) is -0.463. The van der Waals surface area contributed by atoms with Gasteiger partial charge in [-0.25, -0.2) is 19.2 Å². The monoisotopic (exact) mass is 900 g/mol. The molecule has 3 aromatic carbocycles. The van der Waals surface area contributed by atoms with Crippen LogP contribution in [-0.4, -0.2) is 99.5 Å². The highest BCUT2D eigenvalue weighted by molar-refractivity contribution is 8.76. The Morgan fingerprint density at radius 1 is 1.02 bits per heavy atom. The molecule has 4 aromatic rings. The molecule has 7 rings (SSSR count). The van der Waals surface area contributed by atoms with Gasteiger partial charge in [0.15, 0.2) is 17.7 Å². The summed E-state index contributed by atoms with van der Waals surface area (Å²) < 4.78 is 34.4. The third-order valence-corrected chi connectivity index (χ3v) is 14.2. The standard InChI is InChI=1S/C41H46ClN4O11PS2/c1-25(59-60-36-14-7-8-16-43-36)24-56-41(50)46-31-20-35(34(54-2)19-29(31)39(48)44-17-10-13-30(44)40(46)49)55-18-9-3-4-15-37(47)45-23-26(22-42)38-28-12-6-5-11-27(28)33(21-32(38)45)57-58(51,52)53/h5-8,11-12,14,16,19-21,25-26,30,40,49H,3-4,9-10,13,15,17-18,22-24H2,1-2H3,(H2,51,52,53). The quantitative estimate of drug-likeness (QED) is 0.0429. The predicted octanol–water partition coefficient (Wildman–Crippen LogP) is 7.73. The Bertz CT molecular complexity index is 2270. The number of methoxy groups -OCH3 is 1. The van der Waals surface area contributed by atoms with Crippen molar-refractivity contribution in [2.24, 2.45) is 0 Å². The molecule has 3 aliphatic rings. The van der Waals surface area contributed by atoms with Crippen molar-refractivity contribution < 1.29 is 52.6 Å². The minimum absolute atomic E-state index is 0.0179. The summed E-state index contributed by atoms with van der Waals surface area (Å²) in [4.78, 5) is 69.1. The average Bonchev–Trinajstić information content (AvgIpc) is 3.87. The van der Waals surface area contributed by atoms with Gasteiger partial charge in [0, 0.05) is 60.3 Å². The molecular formula is C41H46ClN4O11PS2. The number of hydrogen-bond donors (Lipinski definition) is 3. The van der Waals surface area contributed by atoms with Gasteiger partial charge in [-0.05, 0) is 79.0 Å². The summed E-state index contributed by atoms with van der Waals surface area (Å²) in [6.45, 7) is 2.95. The van der Waals surface area contributed by atoms with E-state index in [4.69, 9.17) is 30.3 Å². The third-order valence-electron chi connectivity index (χ3n) is 10.6. The molecule has 0 saturated carbocycles. The Hall–Kier alpha value is -4.22.